The summed E-state index contributed by atoms with van der Waals surface area (Å²) >= 11 is 0. The van der Waals surface area contributed by atoms with E-state index >= 15 is 0 Å². The van der Waals surface area contributed by atoms with Gasteiger partial charge in [-0.25, -0.2) is 8.42 Å². The van der Waals surface area contributed by atoms with E-state index in [1.807, 2.05) is 13.0 Å². The molecule has 2 rings (SSSR count). The highest BCUT2D eigenvalue weighted by atomic mass is 32.2. The second-order valence-electron chi connectivity index (χ2n) is 5.32. The van der Waals surface area contributed by atoms with Gasteiger partial charge >= 0.3 is 0 Å². The Balaban J connectivity index is 2.03. The maximum absolute atomic E-state index is 11.5. The molecule has 0 saturated carbocycles. The van der Waals surface area contributed by atoms with Crippen molar-refractivity contribution in [2.75, 3.05) is 11.5 Å². The summed E-state index contributed by atoms with van der Waals surface area (Å²) in [6, 6.07) is 7.03. The number of carbonyl (C=O) groups excluding carboxylic acids is 1. The highest BCUT2D eigenvalue weighted by Crippen LogP contribution is 2.23. The van der Waals surface area contributed by atoms with Crippen molar-refractivity contribution >= 4 is 15.7 Å². The quantitative estimate of drug-likeness (QED) is 0.839. The van der Waals surface area contributed by atoms with Crippen molar-refractivity contribution in [2.24, 2.45) is 5.73 Å². The summed E-state index contributed by atoms with van der Waals surface area (Å²) < 4.78 is 23.0. The van der Waals surface area contributed by atoms with Crippen LogP contribution in [0.3, 0.4) is 0 Å². The molecule has 1 aliphatic heterocycles. The summed E-state index contributed by atoms with van der Waals surface area (Å²) in [6.45, 7) is 2.43. The molecule has 0 aliphatic carbocycles. The fraction of sp³-hybridized carbons (Fsp3) is 0.462. The van der Waals surface area contributed by atoms with Crippen molar-refractivity contribution in [1.29, 1.82) is 0 Å². The molecule has 5 nitrogen and oxygen atoms in total. The van der Waals surface area contributed by atoms with Gasteiger partial charge in [0.15, 0.2) is 9.84 Å². The van der Waals surface area contributed by atoms with Gasteiger partial charge in [-0.2, -0.15) is 0 Å². The smallest absolute Gasteiger partial charge is 0.248 e. The first kappa shape index (κ1) is 14.0. The lowest BCUT2D eigenvalue weighted by molar-refractivity contribution is 0.1000. The summed E-state index contributed by atoms with van der Waals surface area (Å²) in [5, 5.41) is 3.26. The molecule has 1 aromatic rings. The van der Waals surface area contributed by atoms with E-state index in [0.29, 0.717) is 18.5 Å². The summed E-state index contributed by atoms with van der Waals surface area (Å²) in [6.07, 6.45) is 0.616. The van der Waals surface area contributed by atoms with E-state index in [1.54, 1.807) is 18.2 Å². The van der Waals surface area contributed by atoms with Gasteiger partial charge in [-0.05, 0) is 31.0 Å². The summed E-state index contributed by atoms with van der Waals surface area (Å²) in [7, 11) is -2.92. The molecule has 19 heavy (non-hydrogen) atoms. The Bertz CT molecular complexity index is 598. The molecule has 6 heteroatoms. The Morgan fingerprint density at radius 1 is 1.47 bits per heavy atom. The standard InChI is InChI=1S/C13H18N2O3S/c1-13(5-6-19(17,18)9-13)15-8-10-3-2-4-11(7-10)12(14)16/h2-4,7,15H,5-6,8-9H2,1H3,(H2,14,16). The number of hydrogen-bond acceptors (Lipinski definition) is 4. The van der Waals surface area contributed by atoms with Crippen molar-refractivity contribution in [3.63, 3.8) is 0 Å². The van der Waals surface area contributed by atoms with E-state index in [2.05, 4.69) is 5.32 Å². The minimum absolute atomic E-state index is 0.162. The number of benzene rings is 1. The van der Waals surface area contributed by atoms with E-state index < -0.39 is 15.7 Å². The van der Waals surface area contributed by atoms with E-state index in [9.17, 15) is 13.2 Å². The molecule has 1 atom stereocenters. The Kier molecular flexibility index (Phi) is 3.64. The molecule has 0 bridgehead atoms. The van der Waals surface area contributed by atoms with Gasteiger partial charge in [0.05, 0.1) is 11.5 Å². The zero-order chi connectivity index (χ0) is 14.1. The Labute approximate surface area is 113 Å². The summed E-state index contributed by atoms with van der Waals surface area (Å²) in [5.41, 5.74) is 6.22. The first-order valence-corrected chi connectivity index (χ1v) is 7.96. The lowest BCUT2D eigenvalue weighted by atomic mass is 10.0. The van der Waals surface area contributed by atoms with Crippen LogP contribution in [0.2, 0.25) is 0 Å². The molecule has 0 radical (unpaired) electrons. The van der Waals surface area contributed by atoms with Gasteiger partial charge < -0.3 is 11.1 Å². The van der Waals surface area contributed by atoms with Gasteiger partial charge in [0, 0.05) is 17.6 Å². The maximum Gasteiger partial charge on any atom is 0.248 e. The third-order valence-electron chi connectivity index (χ3n) is 3.43. The number of hydrogen-bond donors (Lipinski definition) is 2. The van der Waals surface area contributed by atoms with Crippen LogP contribution in [0.4, 0.5) is 0 Å². The molecule has 1 heterocycles. The molecule has 0 aromatic heterocycles. The normalized spacial score (nSPS) is 25.3. The first-order chi connectivity index (χ1) is 8.80. The molecule has 1 aliphatic rings. The topological polar surface area (TPSA) is 89.3 Å². The number of rotatable bonds is 4. The third kappa shape index (κ3) is 3.54. The third-order valence-corrected chi connectivity index (χ3v) is 5.34. The second kappa shape index (κ2) is 4.94. The van der Waals surface area contributed by atoms with Gasteiger partial charge in [-0.3, -0.25) is 4.79 Å². The SMILES string of the molecule is CC1(NCc2cccc(C(N)=O)c2)CCS(=O)(=O)C1. The Hall–Kier alpha value is -1.40. The molecule has 104 valence electrons. The zero-order valence-electron chi connectivity index (χ0n) is 10.8. The number of primary amides is 1. The predicted octanol–water partition coefficient (Wildman–Crippen LogP) is 0.452. The van der Waals surface area contributed by atoms with E-state index in [-0.39, 0.29) is 17.0 Å². The van der Waals surface area contributed by atoms with Crippen LogP contribution in [0.5, 0.6) is 0 Å². The van der Waals surface area contributed by atoms with Crippen LogP contribution in [-0.4, -0.2) is 31.4 Å². The largest absolute Gasteiger partial charge is 0.366 e. The van der Waals surface area contributed by atoms with Crippen molar-refractivity contribution in [3.05, 3.63) is 35.4 Å². The van der Waals surface area contributed by atoms with Crippen LogP contribution in [0.15, 0.2) is 24.3 Å². The molecule has 0 spiro atoms. The van der Waals surface area contributed by atoms with Crippen molar-refractivity contribution < 1.29 is 13.2 Å². The number of amides is 1. The molecule has 1 amide bonds. The van der Waals surface area contributed by atoms with Gasteiger partial charge in [0.2, 0.25) is 5.91 Å². The van der Waals surface area contributed by atoms with Crippen LogP contribution in [0.1, 0.15) is 29.3 Å². The van der Waals surface area contributed by atoms with Crippen LogP contribution in [-0.2, 0) is 16.4 Å². The molecule has 1 fully saturated rings. The fourth-order valence-electron chi connectivity index (χ4n) is 2.30. The summed E-state index contributed by atoms with van der Waals surface area (Å²) in [4.78, 5) is 11.1. The minimum Gasteiger partial charge on any atom is -0.366 e. The molecule has 1 unspecified atom stereocenters. The zero-order valence-corrected chi connectivity index (χ0v) is 11.7. The molecule has 1 aromatic carbocycles. The van der Waals surface area contributed by atoms with Crippen LogP contribution >= 0.6 is 0 Å². The fourth-order valence-corrected chi connectivity index (χ4v) is 4.42. The van der Waals surface area contributed by atoms with Crippen molar-refractivity contribution in [1.82, 2.24) is 5.32 Å². The van der Waals surface area contributed by atoms with Crippen molar-refractivity contribution in [2.45, 2.75) is 25.4 Å². The maximum atomic E-state index is 11.5. The number of sulfone groups is 1. The van der Waals surface area contributed by atoms with Gasteiger partial charge in [0.25, 0.3) is 0 Å². The predicted molar refractivity (Wildman–Crippen MR) is 73.5 cm³/mol. The van der Waals surface area contributed by atoms with E-state index in [1.165, 1.54) is 0 Å². The highest BCUT2D eigenvalue weighted by molar-refractivity contribution is 7.91. The first-order valence-electron chi connectivity index (χ1n) is 6.14. The van der Waals surface area contributed by atoms with Gasteiger partial charge in [-0.1, -0.05) is 12.1 Å². The molecule has 1 saturated heterocycles. The number of nitrogens with one attached hydrogen (secondary N) is 1. The monoisotopic (exact) mass is 282 g/mol. The highest BCUT2D eigenvalue weighted by Gasteiger charge is 2.37. The van der Waals surface area contributed by atoms with E-state index in [4.69, 9.17) is 5.73 Å². The van der Waals surface area contributed by atoms with Gasteiger partial charge in [0.1, 0.15) is 0 Å². The van der Waals surface area contributed by atoms with Crippen LogP contribution < -0.4 is 11.1 Å². The number of nitrogens with two attached hydrogens (primary N) is 1. The lowest BCUT2D eigenvalue weighted by Crippen LogP contribution is -2.42. The van der Waals surface area contributed by atoms with E-state index in [0.717, 1.165) is 5.56 Å². The van der Waals surface area contributed by atoms with Crippen molar-refractivity contribution in [3.8, 4) is 0 Å². The average Bonchev–Trinajstić information content (AvgIpc) is 2.62. The molecular weight excluding hydrogens is 264 g/mol. The Morgan fingerprint density at radius 3 is 2.79 bits per heavy atom. The average molecular weight is 282 g/mol. The van der Waals surface area contributed by atoms with Crippen LogP contribution in [0, 0.1) is 0 Å². The summed E-state index contributed by atoms with van der Waals surface area (Å²) in [5.74, 6) is -0.0654. The molecular formula is C13H18N2O3S. The Morgan fingerprint density at radius 2 is 2.21 bits per heavy atom. The van der Waals surface area contributed by atoms with Gasteiger partial charge in [-0.15, -0.1) is 0 Å². The van der Waals surface area contributed by atoms with Crippen LogP contribution in [0.25, 0.3) is 0 Å². The number of carbonyl (C=O) groups is 1. The second-order valence-corrected chi connectivity index (χ2v) is 7.50. The lowest BCUT2D eigenvalue weighted by Gasteiger charge is -2.24. The molecule has 3 N–H and O–H groups in total. The minimum atomic E-state index is -2.92.